The summed E-state index contributed by atoms with van der Waals surface area (Å²) in [5, 5.41) is 5.47. The van der Waals surface area contributed by atoms with Crippen LogP contribution in [0, 0.1) is 0 Å². The predicted octanol–water partition coefficient (Wildman–Crippen LogP) is 2.69. The number of hydrogen-bond donors (Lipinski definition) is 0. The Kier molecular flexibility index (Phi) is 5.11. The van der Waals surface area contributed by atoms with Gasteiger partial charge in [0.15, 0.2) is 5.69 Å². The second-order valence-electron chi connectivity index (χ2n) is 6.54. The van der Waals surface area contributed by atoms with Crippen molar-refractivity contribution in [3.8, 4) is 0 Å². The van der Waals surface area contributed by atoms with Gasteiger partial charge in [-0.25, -0.2) is 4.68 Å². The van der Waals surface area contributed by atoms with E-state index in [9.17, 15) is 9.59 Å². The number of nitrogens with zero attached hydrogens (tertiary/aromatic N) is 4. The first-order chi connectivity index (χ1) is 12.5. The lowest BCUT2D eigenvalue weighted by Gasteiger charge is -2.19. The van der Waals surface area contributed by atoms with Gasteiger partial charge in [0.05, 0.1) is 11.4 Å². The lowest BCUT2D eigenvalue weighted by atomic mass is 10.1. The van der Waals surface area contributed by atoms with Crippen LogP contribution in [0.1, 0.15) is 36.1 Å². The molecule has 2 heterocycles. The summed E-state index contributed by atoms with van der Waals surface area (Å²) in [7, 11) is 1.74. The highest BCUT2D eigenvalue weighted by Gasteiger charge is 2.20. The molecule has 2 aromatic heterocycles. The van der Waals surface area contributed by atoms with Gasteiger partial charge in [-0.3, -0.25) is 14.6 Å². The highest BCUT2D eigenvalue weighted by molar-refractivity contribution is 6.04. The smallest absolute Gasteiger partial charge is 0.274 e. The summed E-state index contributed by atoms with van der Waals surface area (Å²) in [6, 6.07) is 12.7. The zero-order valence-electron chi connectivity index (χ0n) is 15.2. The average molecular weight is 350 g/mol. The molecule has 0 saturated heterocycles. The SMILES string of the molecule is CC(C)n1nc(C(=O)N(C)CCc2ccccn2)c2ccccc2c1=O. The van der Waals surface area contributed by atoms with E-state index in [1.54, 1.807) is 36.3 Å². The molecule has 1 aromatic carbocycles. The molecule has 3 aromatic rings. The van der Waals surface area contributed by atoms with Crippen molar-refractivity contribution in [3.63, 3.8) is 0 Å². The van der Waals surface area contributed by atoms with Crippen molar-refractivity contribution in [1.82, 2.24) is 19.7 Å². The van der Waals surface area contributed by atoms with E-state index in [1.165, 1.54) is 4.68 Å². The summed E-state index contributed by atoms with van der Waals surface area (Å²) in [6.07, 6.45) is 2.40. The summed E-state index contributed by atoms with van der Waals surface area (Å²) < 4.78 is 1.38. The number of hydrogen-bond acceptors (Lipinski definition) is 4. The van der Waals surface area contributed by atoms with Crippen molar-refractivity contribution in [1.29, 1.82) is 0 Å². The van der Waals surface area contributed by atoms with Crippen LogP contribution in [0.15, 0.2) is 53.5 Å². The summed E-state index contributed by atoms with van der Waals surface area (Å²) >= 11 is 0. The molecule has 0 spiro atoms. The van der Waals surface area contributed by atoms with E-state index in [1.807, 2.05) is 38.1 Å². The van der Waals surface area contributed by atoms with Crippen LogP contribution in [0.5, 0.6) is 0 Å². The van der Waals surface area contributed by atoms with Gasteiger partial charge in [0.2, 0.25) is 0 Å². The number of likely N-dealkylation sites (N-methyl/N-ethyl adjacent to an activating group) is 1. The third kappa shape index (κ3) is 3.49. The molecule has 0 saturated carbocycles. The molecule has 0 unspecified atom stereocenters. The van der Waals surface area contributed by atoms with E-state index in [2.05, 4.69) is 10.1 Å². The van der Waals surface area contributed by atoms with Crippen LogP contribution in [0.2, 0.25) is 0 Å². The lowest BCUT2D eigenvalue weighted by Crippen LogP contribution is -2.33. The minimum atomic E-state index is -0.202. The highest BCUT2D eigenvalue weighted by Crippen LogP contribution is 2.16. The number of rotatable bonds is 5. The Balaban J connectivity index is 1.94. The number of benzene rings is 1. The van der Waals surface area contributed by atoms with Gasteiger partial charge in [0.1, 0.15) is 0 Å². The summed E-state index contributed by atoms with van der Waals surface area (Å²) in [4.78, 5) is 31.5. The third-order valence-corrected chi connectivity index (χ3v) is 4.30. The fraction of sp³-hybridized carbons (Fsp3) is 0.300. The van der Waals surface area contributed by atoms with Gasteiger partial charge in [0, 0.05) is 37.3 Å². The Hall–Kier alpha value is -3.02. The third-order valence-electron chi connectivity index (χ3n) is 4.30. The Labute approximate surface area is 152 Å². The van der Waals surface area contributed by atoms with Crippen LogP contribution >= 0.6 is 0 Å². The van der Waals surface area contributed by atoms with Gasteiger partial charge in [-0.1, -0.05) is 24.3 Å². The van der Waals surface area contributed by atoms with Crippen LogP contribution in [-0.4, -0.2) is 39.2 Å². The van der Waals surface area contributed by atoms with Gasteiger partial charge >= 0.3 is 0 Å². The first-order valence-corrected chi connectivity index (χ1v) is 8.66. The Bertz CT molecular complexity index is 980. The molecule has 0 radical (unpaired) electrons. The van der Waals surface area contributed by atoms with Crippen LogP contribution in [0.4, 0.5) is 0 Å². The number of amides is 1. The van der Waals surface area contributed by atoms with Gasteiger partial charge in [-0.15, -0.1) is 0 Å². The minimum absolute atomic E-state index is 0.127. The first kappa shape index (κ1) is 17.8. The maximum Gasteiger partial charge on any atom is 0.274 e. The molecule has 6 heteroatoms. The van der Waals surface area contributed by atoms with Crippen molar-refractivity contribution in [2.45, 2.75) is 26.3 Å². The second-order valence-corrected chi connectivity index (χ2v) is 6.54. The molecule has 0 aliphatic rings. The van der Waals surface area contributed by atoms with E-state index in [0.717, 1.165) is 5.69 Å². The van der Waals surface area contributed by atoms with Crippen molar-refractivity contribution in [2.24, 2.45) is 0 Å². The molecule has 0 fully saturated rings. The lowest BCUT2D eigenvalue weighted by molar-refractivity contribution is 0.0789. The molecule has 134 valence electrons. The number of pyridine rings is 1. The highest BCUT2D eigenvalue weighted by atomic mass is 16.2. The molecule has 0 aliphatic heterocycles. The molecule has 0 bridgehead atoms. The molecule has 1 amide bonds. The van der Waals surface area contributed by atoms with Crippen LogP contribution in [-0.2, 0) is 6.42 Å². The minimum Gasteiger partial charge on any atom is -0.340 e. The van der Waals surface area contributed by atoms with Gasteiger partial charge < -0.3 is 4.90 Å². The van der Waals surface area contributed by atoms with Crippen molar-refractivity contribution in [2.75, 3.05) is 13.6 Å². The molecule has 26 heavy (non-hydrogen) atoms. The van der Waals surface area contributed by atoms with E-state index in [-0.39, 0.29) is 17.5 Å². The molecule has 0 N–H and O–H groups in total. The normalized spacial score (nSPS) is 11.1. The van der Waals surface area contributed by atoms with E-state index < -0.39 is 0 Å². The van der Waals surface area contributed by atoms with E-state index in [4.69, 9.17) is 0 Å². The summed E-state index contributed by atoms with van der Waals surface area (Å²) in [6.45, 7) is 4.27. The number of carbonyl (C=O) groups is 1. The number of carbonyl (C=O) groups excluding carboxylic acids is 1. The fourth-order valence-corrected chi connectivity index (χ4v) is 2.83. The van der Waals surface area contributed by atoms with Crippen LogP contribution in [0.25, 0.3) is 10.8 Å². The van der Waals surface area contributed by atoms with E-state index in [0.29, 0.717) is 29.4 Å². The summed E-state index contributed by atoms with van der Waals surface area (Å²) in [5.74, 6) is -0.202. The Morgan fingerprint density at radius 1 is 1.12 bits per heavy atom. The van der Waals surface area contributed by atoms with Gasteiger partial charge in [-0.05, 0) is 32.0 Å². The quantitative estimate of drug-likeness (QED) is 0.709. The maximum absolute atomic E-state index is 13.0. The van der Waals surface area contributed by atoms with Gasteiger partial charge in [0.25, 0.3) is 11.5 Å². The largest absolute Gasteiger partial charge is 0.340 e. The molecule has 0 aliphatic carbocycles. The van der Waals surface area contributed by atoms with Crippen LogP contribution in [0.3, 0.4) is 0 Å². The molecular formula is C20H22N4O2. The molecule has 3 rings (SSSR count). The monoisotopic (exact) mass is 350 g/mol. The predicted molar refractivity (Wildman–Crippen MR) is 101 cm³/mol. The topological polar surface area (TPSA) is 68.1 Å². The average Bonchev–Trinajstić information content (AvgIpc) is 2.66. The number of aromatic nitrogens is 3. The van der Waals surface area contributed by atoms with Gasteiger partial charge in [-0.2, -0.15) is 5.10 Å². The Morgan fingerprint density at radius 2 is 1.81 bits per heavy atom. The maximum atomic E-state index is 13.0. The second kappa shape index (κ2) is 7.47. The first-order valence-electron chi connectivity index (χ1n) is 8.66. The molecule has 0 atom stereocenters. The zero-order valence-corrected chi connectivity index (χ0v) is 15.2. The summed E-state index contributed by atoms with van der Waals surface area (Å²) in [5.41, 5.74) is 1.05. The van der Waals surface area contributed by atoms with Crippen molar-refractivity contribution in [3.05, 3.63) is 70.4 Å². The fourth-order valence-electron chi connectivity index (χ4n) is 2.83. The standard InChI is InChI=1S/C20H22N4O2/c1-14(2)24-19(25)17-10-5-4-9-16(17)18(22-24)20(26)23(3)13-11-15-8-6-7-12-21-15/h4-10,12,14H,11,13H2,1-3H3. The van der Waals surface area contributed by atoms with Crippen molar-refractivity contribution >= 4 is 16.7 Å². The van der Waals surface area contributed by atoms with E-state index >= 15 is 0 Å². The van der Waals surface area contributed by atoms with Crippen LogP contribution < -0.4 is 5.56 Å². The zero-order chi connectivity index (χ0) is 18.7. The van der Waals surface area contributed by atoms with Crippen molar-refractivity contribution < 1.29 is 4.79 Å². The molecular weight excluding hydrogens is 328 g/mol. The molecule has 6 nitrogen and oxygen atoms in total. The number of fused-ring (bicyclic) bond motifs is 1. The Morgan fingerprint density at radius 3 is 2.46 bits per heavy atom.